The van der Waals surface area contributed by atoms with E-state index >= 15 is 0 Å². The summed E-state index contributed by atoms with van der Waals surface area (Å²) in [4.78, 5) is 4.28. The van der Waals surface area contributed by atoms with E-state index in [0.717, 1.165) is 21.9 Å². The number of rotatable bonds is 5. The number of ether oxygens (including phenoxy) is 1. The Kier molecular flexibility index (Phi) is 4.98. The average Bonchev–Trinajstić information content (AvgIpc) is 2.53. The second-order valence-electron chi connectivity index (χ2n) is 1.89. The lowest BCUT2D eigenvalue weighted by Gasteiger charge is -1.93. The van der Waals surface area contributed by atoms with Crippen LogP contribution in [0.25, 0.3) is 0 Å². The van der Waals surface area contributed by atoms with E-state index in [1.54, 1.807) is 30.6 Å². The molecular formula is C6H10N2OS3. The Bertz CT molecular complexity index is 228. The molecule has 0 aliphatic carbocycles. The summed E-state index contributed by atoms with van der Waals surface area (Å²) >= 11 is 4.71. The Balaban J connectivity index is 2.31. The molecule has 1 aromatic rings. The van der Waals surface area contributed by atoms with Crippen LogP contribution in [0.15, 0.2) is 9.50 Å². The van der Waals surface area contributed by atoms with Crippen molar-refractivity contribution in [2.75, 3.05) is 25.7 Å². The van der Waals surface area contributed by atoms with Crippen molar-refractivity contribution < 1.29 is 4.74 Å². The molecule has 0 aromatic carbocycles. The van der Waals surface area contributed by atoms with Gasteiger partial charge in [-0.1, -0.05) is 23.5 Å². The quantitative estimate of drug-likeness (QED) is 0.562. The molecule has 6 heteroatoms. The van der Waals surface area contributed by atoms with Gasteiger partial charge >= 0.3 is 0 Å². The van der Waals surface area contributed by atoms with E-state index in [4.69, 9.17) is 4.74 Å². The molecule has 12 heavy (non-hydrogen) atoms. The van der Waals surface area contributed by atoms with Crippen molar-refractivity contribution >= 4 is 35.1 Å². The summed E-state index contributed by atoms with van der Waals surface area (Å²) < 4.78 is 10.1. The lowest BCUT2D eigenvalue weighted by molar-refractivity contribution is 0.218. The molecule has 0 radical (unpaired) electrons. The molecule has 1 aromatic heterocycles. The van der Waals surface area contributed by atoms with E-state index in [9.17, 15) is 0 Å². The van der Waals surface area contributed by atoms with E-state index < -0.39 is 0 Å². The van der Waals surface area contributed by atoms with Crippen molar-refractivity contribution in [1.29, 1.82) is 0 Å². The maximum Gasteiger partial charge on any atom is 0.200 e. The summed E-state index contributed by atoms with van der Waals surface area (Å²) in [6.45, 7) is 0.763. The minimum atomic E-state index is 0.763. The fourth-order valence-corrected chi connectivity index (χ4v) is 2.73. The second kappa shape index (κ2) is 5.80. The molecule has 0 spiro atoms. The molecule has 1 rings (SSSR count). The first-order chi connectivity index (χ1) is 5.86. The van der Waals surface area contributed by atoms with Gasteiger partial charge < -0.3 is 4.74 Å². The topological polar surface area (TPSA) is 35.0 Å². The highest BCUT2D eigenvalue weighted by Crippen LogP contribution is 2.22. The molecule has 0 amide bonds. The molecular weight excluding hydrogens is 212 g/mol. The maximum atomic E-state index is 4.93. The van der Waals surface area contributed by atoms with Crippen molar-refractivity contribution in [1.82, 2.24) is 9.36 Å². The Morgan fingerprint density at radius 2 is 2.42 bits per heavy atom. The Labute approximate surface area is 84.5 Å². The van der Waals surface area contributed by atoms with Gasteiger partial charge in [-0.15, -0.1) is 0 Å². The number of thioether (sulfide) groups is 2. The molecule has 0 aliphatic rings. The zero-order valence-electron chi connectivity index (χ0n) is 6.94. The lowest BCUT2D eigenvalue weighted by atomic mass is 10.9. The van der Waals surface area contributed by atoms with Gasteiger partial charge in [0.25, 0.3) is 0 Å². The summed E-state index contributed by atoms with van der Waals surface area (Å²) in [5, 5.41) is 0.861. The van der Waals surface area contributed by atoms with Gasteiger partial charge in [-0.05, 0) is 17.8 Å². The number of nitrogens with zero attached hydrogens (tertiary/aromatic N) is 2. The van der Waals surface area contributed by atoms with Crippen LogP contribution >= 0.6 is 35.1 Å². The van der Waals surface area contributed by atoms with E-state index in [1.807, 2.05) is 6.26 Å². The SMILES string of the molecule is COCCSc1nc(SC)ns1. The van der Waals surface area contributed by atoms with Crippen LogP contribution in [0.1, 0.15) is 0 Å². The second-order valence-corrected chi connectivity index (χ2v) is 4.76. The van der Waals surface area contributed by atoms with Crippen LogP contribution in [-0.4, -0.2) is 35.1 Å². The minimum Gasteiger partial charge on any atom is -0.384 e. The average molecular weight is 222 g/mol. The van der Waals surface area contributed by atoms with Crippen molar-refractivity contribution in [3.05, 3.63) is 0 Å². The number of hydrogen-bond acceptors (Lipinski definition) is 6. The van der Waals surface area contributed by atoms with Crippen LogP contribution in [0, 0.1) is 0 Å². The highest BCUT2D eigenvalue weighted by atomic mass is 32.2. The van der Waals surface area contributed by atoms with Crippen LogP contribution in [0.5, 0.6) is 0 Å². The van der Waals surface area contributed by atoms with Gasteiger partial charge in [0, 0.05) is 12.9 Å². The first kappa shape index (κ1) is 10.3. The zero-order chi connectivity index (χ0) is 8.81. The van der Waals surface area contributed by atoms with E-state index in [-0.39, 0.29) is 0 Å². The van der Waals surface area contributed by atoms with Crippen LogP contribution in [0.3, 0.4) is 0 Å². The highest BCUT2D eigenvalue weighted by molar-refractivity contribution is 8.01. The predicted octanol–water partition coefficient (Wildman–Crippen LogP) is 2.00. The molecule has 3 nitrogen and oxygen atoms in total. The maximum absolute atomic E-state index is 4.93. The third-order valence-corrected chi connectivity index (χ3v) is 3.55. The molecule has 0 saturated heterocycles. The van der Waals surface area contributed by atoms with E-state index in [2.05, 4.69) is 9.36 Å². The fourth-order valence-electron chi connectivity index (χ4n) is 0.551. The summed E-state index contributed by atoms with van der Waals surface area (Å²) in [7, 11) is 1.70. The first-order valence-electron chi connectivity index (χ1n) is 3.36. The highest BCUT2D eigenvalue weighted by Gasteiger charge is 2.01. The molecule has 0 unspecified atom stereocenters. The normalized spacial score (nSPS) is 10.5. The third-order valence-electron chi connectivity index (χ3n) is 1.08. The smallest absolute Gasteiger partial charge is 0.200 e. The Morgan fingerprint density at radius 1 is 1.58 bits per heavy atom. The molecule has 68 valence electrons. The molecule has 0 saturated carbocycles. The van der Waals surface area contributed by atoms with Gasteiger partial charge in [0.1, 0.15) is 0 Å². The Hall–Kier alpha value is 0.220. The van der Waals surface area contributed by atoms with Crippen LogP contribution < -0.4 is 0 Å². The molecule has 1 heterocycles. The van der Waals surface area contributed by atoms with Crippen molar-refractivity contribution in [2.24, 2.45) is 0 Å². The monoisotopic (exact) mass is 222 g/mol. The first-order valence-corrected chi connectivity index (χ1v) is 6.34. The molecule has 0 aliphatic heterocycles. The van der Waals surface area contributed by atoms with Gasteiger partial charge in [0.05, 0.1) is 6.61 Å². The van der Waals surface area contributed by atoms with Crippen LogP contribution in [0.4, 0.5) is 0 Å². The molecule has 0 N–H and O–H groups in total. The van der Waals surface area contributed by atoms with Gasteiger partial charge in [0.2, 0.25) is 5.16 Å². The van der Waals surface area contributed by atoms with E-state index in [0.29, 0.717) is 0 Å². The molecule has 0 bridgehead atoms. The van der Waals surface area contributed by atoms with Crippen LogP contribution in [-0.2, 0) is 4.74 Å². The van der Waals surface area contributed by atoms with Crippen molar-refractivity contribution in [2.45, 2.75) is 9.50 Å². The summed E-state index contributed by atoms with van der Waals surface area (Å²) in [6, 6.07) is 0. The summed E-state index contributed by atoms with van der Waals surface area (Å²) in [5.74, 6) is 0.944. The van der Waals surface area contributed by atoms with Gasteiger partial charge in [-0.25, -0.2) is 4.98 Å². The minimum absolute atomic E-state index is 0.763. The Morgan fingerprint density at radius 3 is 3.00 bits per heavy atom. The summed E-state index contributed by atoms with van der Waals surface area (Å²) in [5.41, 5.74) is 0. The number of methoxy groups -OCH3 is 1. The predicted molar refractivity (Wildman–Crippen MR) is 54.3 cm³/mol. The van der Waals surface area contributed by atoms with Gasteiger partial charge in [0.15, 0.2) is 4.34 Å². The molecule has 0 fully saturated rings. The third kappa shape index (κ3) is 3.30. The molecule has 0 atom stereocenters. The number of hydrogen-bond donors (Lipinski definition) is 0. The fraction of sp³-hybridized carbons (Fsp3) is 0.667. The summed E-state index contributed by atoms with van der Waals surface area (Å²) in [6.07, 6.45) is 1.98. The van der Waals surface area contributed by atoms with Crippen molar-refractivity contribution in [3.8, 4) is 0 Å². The lowest BCUT2D eigenvalue weighted by Crippen LogP contribution is -1.90. The van der Waals surface area contributed by atoms with Gasteiger partial charge in [-0.3, -0.25) is 0 Å². The zero-order valence-corrected chi connectivity index (χ0v) is 9.39. The standard InChI is InChI=1S/C6H10N2OS3/c1-9-3-4-11-6-7-5(10-2)8-12-6/h3-4H2,1-2H3. The largest absolute Gasteiger partial charge is 0.384 e. The van der Waals surface area contributed by atoms with E-state index in [1.165, 1.54) is 11.5 Å². The van der Waals surface area contributed by atoms with Crippen molar-refractivity contribution in [3.63, 3.8) is 0 Å². The number of aromatic nitrogens is 2. The van der Waals surface area contributed by atoms with Crippen LogP contribution in [0.2, 0.25) is 0 Å². The van der Waals surface area contributed by atoms with Gasteiger partial charge in [-0.2, -0.15) is 4.37 Å².